The fourth-order valence-corrected chi connectivity index (χ4v) is 1.58. The van der Waals surface area contributed by atoms with E-state index >= 15 is 0 Å². The average molecular weight is 299 g/mol. The van der Waals surface area contributed by atoms with E-state index in [0.717, 1.165) is 0 Å². The zero-order valence-corrected chi connectivity index (χ0v) is 14.2. The van der Waals surface area contributed by atoms with Crippen molar-refractivity contribution in [2.75, 3.05) is 6.54 Å². The summed E-state index contributed by atoms with van der Waals surface area (Å²) in [4.78, 5) is 23.4. The largest absolute Gasteiger partial charge is 0.460 e. The minimum absolute atomic E-state index is 0.0934. The monoisotopic (exact) mass is 299 g/mol. The van der Waals surface area contributed by atoms with Gasteiger partial charge in [-0.1, -0.05) is 19.9 Å². The van der Waals surface area contributed by atoms with Crippen molar-refractivity contribution in [3.05, 3.63) is 12.2 Å². The fraction of sp³-hybridized carbons (Fsp3) is 0.750. The van der Waals surface area contributed by atoms with Crippen LogP contribution in [0, 0.1) is 5.92 Å². The first kappa shape index (κ1) is 19.6. The molecule has 1 atom stereocenters. The maximum atomic E-state index is 12.1. The molecule has 0 aromatic carbocycles. The van der Waals surface area contributed by atoms with Crippen molar-refractivity contribution in [1.82, 2.24) is 5.32 Å². The molecule has 0 aliphatic heterocycles. The molecule has 21 heavy (non-hydrogen) atoms. The van der Waals surface area contributed by atoms with Crippen LogP contribution in [-0.2, 0) is 19.1 Å². The third kappa shape index (κ3) is 10.1. The Labute approximate surface area is 128 Å². The topological polar surface area (TPSA) is 64.6 Å². The number of nitrogens with one attached hydrogen (secondary N) is 1. The van der Waals surface area contributed by atoms with Crippen LogP contribution in [0.3, 0.4) is 0 Å². The molecule has 0 radical (unpaired) electrons. The molecule has 0 spiro atoms. The van der Waals surface area contributed by atoms with Gasteiger partial charge in [0.05, 0.1) is 6.10 Å². The second-order valence-electron chi connectivity index (χ2n) is 6.55. The molecule has 0 aliphatic carbocycles. The lowest BCUT2D eigenvalue weighted by Crippen LogP contribution is -2.44. The van der Waals surface area contributed by atoms with E-state index in [4.69, 9.17) is 9.47 Å². The number of hydrogen-bond acceptors (Lipinski definition) is 5. The van der Waals surface area contributed by atoms with Crippen LogP contribution in [0.4, 0.5) is 0 Å². The Morgan fingerprint density at radius 1 is 1.14 bits per heavy atom. The van der Waals surface area contributed by atoms with E-state index in [2.05, 4.69) is 5.32 Å². The van der Waals surface area contributed by atoms with Gasteiger partial charge in [-0.2, -0.15) is 0 Å². The van der Waals surface area contributed by atoms with Crippen molar-refractivity contribution in [3.8, 4) is 0 Å². The molecular formula is C16H29NO4. The lowest BCUT2D eigenvalue weighted by atomic mass is 10.0. The number of carbonyl (C=O) groups is 2. The number of ether oxygens (including phenoxy) is 2. The SMILES string of the molecule is CC(C)OC(=O)C=CCN[C@@H](C(=O)OC(C)(C)C)C(C)C. The van der Waals surface area contributed by atoms with Crippen LogP contribution >= 0.6 is 0 Å². The van der Waals surface area contributed by atoms with Gasteiger partial charge in [0.15, 0.2) is 0 Å². The van der Waals surface area contributed by atoms with Gasteiger partial charge in [0.2, 0.25) is 0 Å². The van der Waals surface area contributed by atoms with Gasteiger partial charge in [-0.3, -0.25) is 4.79 Å². The second kappa shape index (κ2) is 8.82. The molecule has 5 heteroatoms. The van der Waals surface area contributed by atoms with Crippen LogP contribution in [0.15, 0.2) is 12.2 Å². The van der Waals surface area contributed by atoms with Gasteiger partial charge in [0.1, 0.15) is 11.6 Å². The van der Waals surface area contributed by atoms with Crippen molar-refractivity contribution >= 4 is 11.9 Å². The Bertz CT molecular complexity index is 367. The van der Waals surface area contributed by atoms with E-state index in [0.29, 0.717) is 6.54 Å². The van der Waals surface area contributed by atoms with E-state index in [1.807, 2.05) is 34.6 Å². The molecule has 0 unspecified atom stereocenters. The van der Waals surface area contributed by atoms with E-state index in [1.165, 1.54) is 6.08 Å². The molecule has 122 valence electrons. The van der Waals surface area contributed by atoms with Crippen molar-refractivity contribution in [1.29, 1.82) is 0 Å². The summed E-state index contributed by atoms with van der Waals surface area (Å²) in [6.45, 7) is 13.4. The van der Waals surface area contributed by atoms with Crippen LogP contribution in [0.25, 0.3) is 0 Å². The van der Waals surface area contributed by atoms with Crippen molar-refractivity contribution < 1.29 is 19.1 Å². The third-order valence-electron chi connectivity index (χ3n) is 2.39. The van der Waals surface area contributed by atoms with Gasteiger partial charge >= 0.3 is 11.9 Å². The predicted molar refractivity (Wildman–Crippen MR) is 82.8 cm³/mol. The maximum absolute atomic E-state index is 12.1. The zero-order chi connectivity index (χ0) is 16.6. The quantitative estimate of drug-likeness (QED) is 0.578. The molecule has 0 rings (SSSR count). The summed E-state index contributed by atoms with van der Waals surface area (Å²) in [5, 5.41) is 3.08. The standard InChI is InChI=1S/C16H29NO4/c1-11(2)14(15(19)21-16(5,6)7)17-10-8-9-13(18)20-12(3)4/h8-9,11-12,14,17H,10H2,1-7H3/t14-/m1/s1. The molecule has 0 amide bonds. The van der Waals surface area contributed by atoms with Gasteiger partial charge in [0, 0.05) is 12.6 Å². The summed E-state index contributed by atoms with van der Waals surface area (Å²) in [7, 11) is 0. The summed E-state index contributed by atoms with van der Waals surface area (Å²) in [5.74, 6) is -0.573. The lowest BCUT2D eigenvalue weighted by Gasteiger charge is -2.26. The highest BCUT2D eigenvalue weighted by molar-refractivity contribution is 5.82. The molecular weight excluding hydrogens is 270 g/mol. The maximum Gasteiger partial charge on any atom is 0.330 e. The highest BCUT2D eigenvalue weighted by atomic mass is 16.6. The average Bonchev–Trinajstić information content (AvgIpc) is 2.24. The number of rotatable bonds is 7. The normalized spacial score (nSPS) is 13.8. The van der Waals surface area contributed by atoms with Crippen molar-refractivity contribution in [2.24, 2.45) is 5.92 Å². The highest BCUT2D eigenvalue weighted by Gasteiger charge is 2.26. The molecule has 0 aliphatic rings. The molecule has 5 nitrogen and oxygen atoms in total. The third-order valence-corrected chi connectivity index (χ3v) is 2.39. The molecule has 0 bridgehead atoms. The summed E-state index contributed by atoms with van der Waals surface area (Å²) in [6.07, 6.45) is 2.87. The molecule has 0 aromatic rings. The molecule has 0 saturated carbocycles. The first-order valence-electron chi connectivity index (χ1n) is 7.36. The van der Waals surface area contributed by atoms with Gasteiger partial charge in [0.25, 0.3) is 0 Å². The Hall–Kier alpha value is -1.36. The first-order chi connectivity index (χ1) is 9.53. The molecule has 0 aromatic heterocycles. The molecule has 0 heterocycles. The number of hydrogen-bond donors (Lipinski definition) is 1. The Kier molecular flexibility index (Phi) is 8.25. The van der Waals surface area contributed by atoms with E-state index in [1.54, 1.807) is 19.9 Å². The second-order valence-corrected chi connectivity index (χ2v) is 6.55. The van der Waals surface area contributed by atoms with Gasteiger partial charge in [-0.05, 0) is 40.5 Å². The van der Waals surface area contributed by atoms with Crippen LogP contribution in [0.1, 0.15) is 48.5 Å². The van der Waals surface area contributed by atoms with Crippen LogP contribution < -0.4 is 5.32 Å². The zero-order valence-electron chi connectivity index (χ0n) is 14.2. The number of carbonyl (C=O) groups excluding carboxylic acids is 2. The van der Waals surface area contributed by atoms with E-state index in [9.17, 15) is 9.59 Å². The minimum Gasteiger partial charge on any atom is -0.460 e. The summed E-state index contributed by atoms with van der Waals surface area (Å²) >= 11 is 0. The number of esters is 2. The van der Waals surface area contributed by atoms with Gasteiger partial charge in [-0.25, -0.2) is 4.79 Å². The fourth-order valence-electron chi connectivity index (χ4n) is 1.58. The van der Waals surface area contributed by atoms with E-state index < -0.39 is 11.6 Å². The van der Waals surface area contributed by atoms with Gasteiger partial charge < -0.3 is 14.8 Å². The summed E-state index contributed by atoms with van der Waals surface area (Å²) < 4.78 is 10.3. The summed E-state index contributed by atoms with van der Waals surface area (Å²) in [6, 6.07) is -0.407. The first-order valence-corrected chi connectivity index (χ1v) is 7.36. The predicted octanol–water partition coefficient (Wildman–Crippen LogP) is 2.45. The van der Waals surface area contributed by atoms with Crippen LogP contribution in [-0.4, -0.2) is 36.2 Å². The Morgan fingerprint density at radius 3 is 2.14 bits per heavy atom. The summed E-state index contributed by atoms with van der Waals surface area (Å²) in [5.41, 5.74) is -0.511. The van der Waals surface area contributed by atoms with Crippen LogP contribution in [0.2, 0.25) is 0 Å². The molecule has 1 N–H and O–H groups in total. The molecule has 0 fully saturated rings. The lowest BCUT2D eigenvalue weighted by molar-refractivity contribution is -0.158. The van der Waals surface area contributed by atoms with Gasteiger partial charge in [-0.15, -0.1) is 0 Å². The van der Waals surface area contributed by atoms with Crippen molar-refractivity contribution in [2.45, 2.75) is 66.2 Å². The van der Waals surface area contributed by atoms with Crippen molar-refractivity contribution in [3.63, 3.8) is 0 Å². The van der Waals surface area contributed by atoms with E-state index in [-0.39, 0.29) is 24.0 Å². The van der Waals surface area contributed by atoms with Crippen LogP contribution in [0.5, 0.6) is 0 Å². The minimum atomic E-state index is -0.511. The molecule has 0 saturated heterocycles. The highest BCUT2D eigenvalue weighted by Crippen LogP contribution is 2.12. The Balaban J connectivity index is 4.38. The Morgan fingerprint density at radius 2 is 1.71 bits per heavy atom. The smallest absolute Gasteiger partial charge is 0.330 e.